The van der Waals surface area contributed by atoms with E-state index in [1.165, 1.54) is 0 Å². The van der Waals surface area contributed by atoms with E-state index in [0.29, 0.717) is 0 Å². The second-order valence-electron chi connectivity index (χ2n) is 0. The molecule has 0 rings (SSSR count). The number of hydrogen-bond acceptors (Lipinski definition) is 0. The van der Waals surface area contributed by atoms with Gasteiger partial charge < -0.3 is 104 Å². The Morgan fingerprint density at radius 1 is 0.400 bits per heavy atom. The minimum Gasteiger partial charge on any atom is -1.00 e. The van der Waals surface area contributed by atoms with E-state index in [1.807, 2.05) is 0 Å². The standard InChI is InChI=1S/BrH.7ClH.Hf.Ti/h8*1H;;/q;;;;;;;;2*+4/p-8. The summed E-state index contributed by atoms with van der Waals surface area (Å²) in [6.07, 6.45) is 0. The zero-order valence-corrected chi connectivity index (χ0v) is 16.1. The van der Waals surface area contributed by atoms with Crippen LogP contribution in [0.5, 0.6) is 0 Å². The van der Waals surface area contributed by atoms with Gasteiger partial charge in [-0.25, -0.2) is 0 Å². The van der Waals surface area contributed by atoms with Crippen molar-refractivity contribution in [1.82, 2.24) is 0 Å². The van der Waals surface area contributed by atoms with Crippen LogP contribution >= 0.6 is 0 Å². The van der Waals surface area contributed by atoms with E-state index in [2.05, 4.69) is 0 Å². The summed E-state index contributed by atoms with van der Waals surface area (Å²) >= 11 is 0. The molecular weight excluding hydrogens is 554 g/mol. The van der Waals surface area contributed by atoms with Crippen molar-refractivity contribution in [3.63, 3.8) is 0 Å². The molecule has 0 spiro atoms. The number of rotatable bonds is 0. The molecule has 0 N–H and O–H groups in total. The zero-order valence-electron chi connectivity index (χ0n) is 4.02. The first kappa shape index (κ1) is 144. The van der Waals surface area contributed by atoms with Crippen LogP contribution < -0.4 is 104 Å². The molecule has 0 aromatic rings. The van der Waals surface area contributed by atoms with Gasteiger partial charge in [0.1, 0.15) is 0 Å². The van der Waals surface area contributed by atoms with Crippen molar-refractivity contribution in [2.75, 3.05) is 0 Å². The van der Waals surface area contributed by atoms with Crippen LogP contribution in [0.25, 0.3) is 0 Å². The Balaban J connectivity index is 0. The van der Waals surface area contributed by atoms with Gasteiger partial charge >= 0.3 is 47.6 Å². The monoisotopic (exact) mass is 552 g/mol. The molecule has 0 fully saturated rings. The molecule has 0 aromatic heterocycles. The molecular formula is BrCl7HfTi. The quantitative estimate of drug-likeness (QED) is 0.261. The SMILES string of the molecule is [Br-].[Cl-].[Cl-].[Cl-].[Cl-].[Cl-].[Cl-].[Cl-].[Hf+4].[Ti+4]. The second-order valence-corrected chi connectivity index (χ2v) is 0. The van der Waals surface area contributed by atoms with Crippen LogP contribution in [0.2, 0.25) is 0 Å². The van der Waals surface area contributed by atoms with Crippen molar-refractivity contribution in [2.24, 2.45) is 0 Å². The van der Waals surface area contributed by atoms with Crippen molar-refractivity contribution in [3.05, 3.63) is 0 Å². The van der Waals surface area contributed by atoms with Crippen molar-refractivity contribution < 1.29 is 151 Å². The second kappa shape index (κ2) is 114. The summed E-state index contributed by atoms with van der Waals surface area (Å²) in [5.74, 6) is 0. The normalized spacial score (nSPS) is 0. The third kappa shape index (κ3) is 88.8. The Hall–Kier alpha value is 4.09. The van der Waals surface area contributed by atoms with Crippen LogP contribution in [0.15, 0.2) is 0 Å². The van der Waals surface area contributed by atoms with Gasteiger partial charge in [-0.3, -0.25) is 0 Å². The van der Waals surface area contributed by atoms with Crippen LogP contribution in [0.3, 0.4) is 0 Å². The molecule has 10 heteroatoms. The number of hydrogen-bond donors (Lipinski definition) is 0. The predicted molar refractivity (Wildman–Crippen MR) is 0 cm³/mol. The van der Waals surface area contributed by atoms with E-state index in [4.69, 9.17) is 0 Å². The van der Waals surface area contributed by atoms with Gasteiger partial charge in [-0.05, 0) is 0 Å². The fraction of sp³-hybridized carbons (Fsp3) is 0. The summed E-state index contributed by atoms with van der Waals surface area (Å²) in [6, 6.07) is 0. The van der Waals surface area contributed by atoms with Crippen molar-refractivity contribution in [1.29, 1.82) is 0 Å². The average Bonchev–Trinajstić information content (AvgIpc) is 0. The number of halogens is 8. The fourth-order valence-corrected chi connectivity index (χ4v) is 0. The average molecular weight is 554 g/mol. The van der Waals surface area contributed by atoms with Gasteiger partial charge in [0, 0.05) is 0 Å². The van der Waals surface area contributed by atoms with Gasteiger partial charge in [-0.1, -0.05) is 0 Å². The van der Waals surface area contributed by atoms with Gasteiger partial charge in [0.25, 0.3) is 0 Å². The van der Waals surface area contributed by atoms with E-state index in [-0.39, 0.29) is 151 Å². The summed E-state index contributed by atoms with van der Waals surface area (Å²) in [6.45, 7) is 0. The van der Waals surface area contributed by atoms with Crippen LogP contribution in [-0.2, 0) is 47.6 Å². The topological polar surface area (TPSA) is 0 Å². The third-order valence-corrected chi connectivity index (χ3v) is 0. The maximum absolute atomic E-state index is 0. The van der Waals surface area contributed by atoms with Crippen LogP contribution in [0.1, 0.15) is 0 Å². The minimum atomic E-state index is 0. The van der Waals surface area contributed by atoms with E-state index in [9.17, 15) is 0 Å². The molecule has 0 aliphatic heterocycles. The molecule has 0 aromatic carbocycles. The predicted octanol–water partition coefficient (Wildman–Crippen LogP) is -24.0. The largest absolute Gasteiger partial charge is 4.00 e. The Kier molecular flexibility index (Phi) is 1650. The molecule has 0 unspecified atom stereocenters. The molecule has 0 heterocycles. The van der Waals surface area contributed by atoms with Gasteiger partial charge in [0.15, 0.2) is 0 Å². The summed E-state index contributed by atoms with van der Waals surface area (Å²) in [7, 11) is 0. The van der Waals surface area contributed by atoms with E-state index >= 15 is 0 Å². The molecule has 0 aliphatic rings. The molecule has 64 valence electrons. The van der Waals surface area contributed by atoms with Gasteiger partial charge in [-0.2, -0.15) is 0 Å². The summed E-state index contributed by atoms with van der Waals surface area (Å²) in [5.41, 5.74) is 0. The summed E-state index contributed by atoms with van der Waals surface area (Å²) in [5, 5.41) is 0. The Bertz CT molecular complexity index is 13.6. The molecule has 0 aliphatic carbocycles. The molecule has 0 nitrogen and oxygen atoms in total. The zero-order chi connectivity index (χ0) is 0. The van der Waals surface area contributed by atoms with Crippen LogP contribution in [0, 0.1) is 0 Å². The maximum atomic E-state index is 0. The van der Waals surface area contributed by atoms with E-state index < -0.39 is 0 Å². The smallest absolute Gasteiger partial charge is 1.00 e. The molecule has 0 radical (unpaired) electrons. The Morgan fingerprint density at radius 3 is 0.400 bits per heavy atom. The van der Waals surface area contributed by atoms with Gasteiger partial charge in [0.05, 0.1) is 0 Å². The fourth-order valence-electron chi connectivity index (χ4n) is 0. The maximum Gasteiger partial charge on any atom is 4.00 e. The first-order valence-corrected chi connectivity index (χ1v) is 0. The molecule has 0 bridgehead atoms. The molecule has 0 amide bonds. The van der Waals surface area contributed by atoms with E-state index in [1.54, 1.807) is 0 Å². The molecule has 0 atom stereocenters. The Morgan fingerprint density at radius 2 is 0.400 bits per heavy atom. The van der Waals surface area contributed by atoms with Crippen LogP contribution in [-0.4, -0.2) is 0 Å². The van der Waals surface area contributed by atoms with E-state index in [0.717, 1.165) is 0 Å². The van der Waals surface area contributed by atoms with Gasteiger partial charge in [0.2, 0.25) is 0 Å². The molecule has 0 saturated heterocycles. The van der Waals surface area contributed by atoms with Crippen molar-refractivity contribution in [3.8, 4) is 0 Å². The Labute approximate surface area is 149 Å². The molecule has 10 heavy (non-hydrogen) atoms. The van der Waals surface area contributed by atoms with Crippen molar-refractivity contribution in [2.45, 2.75) is 0 Å². The molecule has 0 saturated carbocycles. The first-order valence-electron chi connectivity index (χ1n) is 0. The van der Waals surface area contributed by atoms with Gasteiger partial charge in [-0.15, -0.1) is 0 Å². The summed E-state index contributed by atoms with van der Waals surface area (Å²) < 4.78 is 0. The third-order valence-electron chi connectivity index (χ3n) is 0. The summed E-state index contributed by atoms with van der Waals surface area (Å²) in [4.78, 5) is 0. The van der Waals surface area contributed by atoms with Crippen molar-refractivity contribution >= 4 is 0 Å². The van der Waals surface area contributed by atoms with Crippen LogP contribution in [0.4, 0.5) is 0 Å². The first-order chi connectivity index (χ1) is 0. The minimum absolute atomic E-state index is 0.